The molecule has 77 valence electrons. The van der Waals surface area contributed by atoms with Gasteiger partial charge in [-0.15, -0.1) is 0 Å². The smallest absolute Gasteiger partial charge is 0.183 e. The van der Waals surface area contributed by atoms with Gasteiger partial charge in [0.05, 0.1) is 0 Å². The molecule has 0 unspecified atom stereocenters. The summed E-state index contributed by atoms with van der Waals surface area (Å²) < 4.78 is 4.27. The van der Waals surface area contributed by atoms with Crippen LogP contribution in [0.15, 0.2) is 48.9 Å². The van der Waals surface area contributed by atoms with Gasteiger partial charge in [0.1, 0.15) is 11.7 Å². The standard InChI is InChI=1S/C12H11N2.Ir/c1-13-8-11-7-6-10-4-2-3-5-12(10)14(11)9-13;/h2-9H,1H3;/q+1;. The average molecular weight is 375 g/mol. The van der Waals surface area contributed by atoms with Gasteiger partial charge in [-0.3, -0.25) is 4.57 Å². The first-order valence-corrected chi connectivity index (χ1v) is 4.70. The fourth-order valence-corrected chi connectivity index (χ4v) is 1.90. The van der Waals surface area contributed by atoms with Gasteiger partial charge < -0.3 is 0 Å². The van der Waals surface area contributed by atoms with Crippen LogP contribution in [0.2, 0.25) is 0 Å². The van der Waals surface area contributed by atoms with Crippen LogP contribution in [0.3, 0.4) is 0 Å². The quantitative estimate of drug-likeness (QED) is 0.535. The number of imidazole rings is 1. The SMILES string of the molecule is Cn1cc2ccc3ccccc3n2[cH+]1.[Ir]. The fourth-order valence-electron chi connectivity index (χ4n) is 1.90. The van der Waals surface area contributed by atoms with Gasteiger partial charge >= 0.3 is 0 Å². The largest absolute Gasteiger partial charge is 0.254 e. The Hall–Kier alpha value is -1.18. The van der Waals surface area contributed by atoms with Crippen molar-refractivity contribution in [2.75, 3.05) is 0 Å². The van der Waals surface area contributed by atoms with E-state index in [1.807, 2.05) is 7.05 Å². The van der Waals surface area contributed by atoms with E-state index in [2.05, 4.69) is 57.9 Å². The van der Waals surface area contributed by atoms with Gasteiger partial charge in [0.25, 0.3) is 0 Å². The molecule has 2 heterocycles. The van der Waals surface area contributed by atoms with Crippen LogP contribution < -0.4 is 0 Å². The zero-order chi connectivity index (χ0) is 9.54. The van der Waals surface area contributed by atoms with Gasteiger partial charge in [-0.25, -0.2) is 0 Å². The Bertz CT molecular complexity index is 613. The Kier molecular flexibility index (Phi) is 2.59. The molecule has 0 spiro atoms. The number of hydrogen-bond acceptors (Lipinski definition) is 0. The summed E-state index contributed by atoms with van der Waals surface area (Å²) >= 11 is 0. The zero-order valence-electron chi connectivity index (χ0n) is 8.35. The van der Waals surface area contributed by atoms with Crippen LogP contribution in [0.25, 0.3) is 16.4 Å². The van der Waals surface area contributed by atoms with E-state index in [9.17, 15) is 0 Å². The Morgan fingerprint density at radius 3 is 2.73 bits per heavy atom. The number of benzene rings is 1. The summed E-state index contributed by atoms with van der Waals surface area (Å²) in [5.41, 5.74) is 2.48. The minimum atomic E-state index is 0. The topological polar surface area (TPSA) is 9.34 Å². The molecule has 0 N–H and O–H groups in total. The van der Waals surface area contributed by atoms with Crippen molar-refractivity contribution in [2.24, 2.45) is 7.05 Å². The molecule has 1 aromatic carbocycles. The first kappa shape index (κ1) is 10.3. The number of aromatic nitrogens is 2. The molecule has 0 atom stereocenters. The molecule has 0 amide bonds. The van der Waals surface area contributed by atoms with Gasteiger partial charge in [-0.1, -0.05) is 12.1 Å². The molecule has 0 saturated carbocycles. The van der Waals surface area contributed by atoms with Crippen molar-refractivity contribution in [3.8, 4) is 0 Å². The number of hydrogen-bond donors (Lipinski definition) is 0. The molecule has 2 aromatic heterocycles. The minimum Gasteiger partial charge on any atom is -0.254 e. The van der Waals surface area contributed by atoms with Crippen molar-refractivity contribution in [3.05, 3.63) is 48.9 Å². The van der Waals surface area contributed by atoms with Crippen molar-refractivity contribution >= 4 is 16.4 Å². The number of pyridine rings is 1. The average Bonchev–Trinajstić information content (AvgIpc) is 2.59. The molecular formula is C12H11IrN2+. The number of nitrogens with zero attached hydrogens (tertiary/aromatic N) is 2. The Morgan fingerprint density at radius 1 is 1.07 bits per heavy atom. The van der Waals surface area contributed by atoms with Crippen LogP contribution in [-0.2, 0) is 27.2 Å². The van der Waals surface area contributed by atoms with Gasteiger partial charge in [-0.05, 0) is 12.1 Å². The van der Waals surface area contributed by atoms with E-state index < -0.39 is 0 Å². The zero-order valence-corrected chi connectivity index (χ0v) is 10.7. The first-order valence-electron chi connectivity index (χ1n) is 4.70. The number of rotatable bonds is 0. The molecule has 0 bridgehead atoms. The van der Waals surface area contributed by atoms with Crippen molar-refractivity contribution in [1.29, 1.82) is 0 Å². The number of aryl methyl sites for hydroxylation is 1. The van der Waals surface area contributed by atoms with Crippen molar-refractivity contribution in [3.63, 3.8) is 0 Å². The monoisotopic (exact) mass is 376 g/mol. The summed E-state index contributed by atoms with van der Waals surface area (Å²) in [6, 6.07) is 12.7. The minimum absolute atomic E-state index is 0. The van der Waals surface area contributed by atoms with E-state index in [0.29, 0.717) is 0 Å². The van der Waals surface area contributed by atoms with Crippen LogP contribution in [0, 0.1) is 0 Å². The molecule has 0 aliphatic carbocycles. The maximum absolute atomic E-state index is 2.20. The summed E-state index contributed by atoms with van der Waals surface area (Å²) in [5.74, 6) is 0. The molecule has 15 heavy (non-hydrogen) atoms. The fraction of sp³-hybridized carbons (Fsp3) is 0.0833. The number of para-hydroxylation sites is 1. The second-order valence-electron chi connectivity index (χ2n) is 3.60. The first-order chi connectivity index (χ1) is 6.84. The van der Waals surface area contributed by atoms with E-state index in [-0.39, 0.29) is 20.1 Å². The third-order valence-corrected chi connectivity index (χ3v) is 2.54. The maximum atomic E-state index is 2.20. The third-order valence-electron chi connectivity index (χ3n) is 2.54. The molecule has 3 aromatic rings. The van der Waals surface area contributed by atoms with E-state index >= 15 is 0 Å². The van der Waals surface area contributed by atoms with Crippen LogP contribution in [0.5, 0.6) is 0 Å². The molecule has 3 rings (SSSR count). The maximum Gasteiger partial charge on any atom is 0.183 e. The van der Waals surface area contributed by atoms with Crippen molar-refractivity contribution < 1.29 is 20.1 Å². The van der Waals surface area contributed by atoms with Crippen LogP contribution >= 0.6 is 0 Å². The summed E-state index contributed by atoms with van der Waals surface area (Å²) in [7, 11) is 2.04. The molecule has 0 saturated heterocycles. The van der Waals surface area contributed by atoms with Crippen LogP contribution in [0.1, 0.15) is 0 Å². The van der Waals surface area contributed by atoms with Crippen molar-refractivity contribution in [2.45, 2.75) is 0 Å². The normalized spacial score (nSPS) is 10.5. The molecule has 0 aliphatic heterocycles. The molecule has 0 aliphatic rings. The molecule has 1 radical (unpaired) electrons. The Morgan fingerprint density at radius 2 is 1.87 bits per heavy atom. The number of fused-ring (bicyclic) bond motifs is 3. The Balaban J connectivity index is 0.000000853. The predicted octanol–water partition coefficient (Wildman–Crippen LogP) is 2.71. The van der Waals surface area contributed by atoms with Crippen LogP contribution in [-0.4, -0.2) is 8.97 Å². The molecule has 0 fully saturated rings. The van der Waals surface area contributed by atoms with Crippen LogP contribution in [0.4, 0.5) is 0 Å². The Labute approximate surface area is 102 Å². The van der Waals surface area contributed by atoms with Gasteiger partial charge in [0, 0.05) is 44.7 Å². The predicted molar refractivity (Wildman–Crippen MR) is 58.3 cm³/mol. The second kappa shape index (κ2) is 3.76. The summed E-state index contributed by atoms with van der Waals surface area (Å²) in [5, 5.41) is 1.27. The summed E-state index contributed by atoms with van der Waals surface area (Å²) in [4.78, 5) is 0. The second-order valence-corrected chi connectivity index (χ2v) is 3.60. The van der Waals surface area contributed by atoms with Crippen molar-refractivity contribution in [1.82, 2.24) is 8.97 Å². The van der Waals surface area contributed by atoms with E-state index in [1.165, 1.54) is 16.4 Å². The van der Waals surface area contributed by atoms with Gasteiger partial charge in [0.15, 0.2) is 11.8 Å². The van der Waals surface area contributed by atoms with E-state index in [0.717, 1.165) is 0 Å². The molecular weight excluding hydrogens is 364 g/mol. The summed E-state index contributed by atoms with van der Waals surface area (Å²) in [6.07, 6.45) is 4.21. The van der Waals surface area contributed by atoms with Gasteiger partial charge in [-0.2, -0.15) is 4.40 Å². The van der Waals surface area contributed by atoms with E-state index in [1.54, 1.807) is 0 Å². The summed E-state index contributed by atoms with van der Waals surface area (Å²) in [6.45, 7) is 0. The molecule has 2 nitrogen and oxygen atoms in total. The third kappa shape index (κ3) is 1.58. The van der Waals surface area contributed by atoms with E-state index in [4.69, 9.17) is 0 Å². The molecule has 3 heteroatoms. The van der Waals surface area contributed by atoms with Gasteiger partial charge in [0.2, 0.25) is 0 Å².